The topological polar surface area (TPSA) is 106 Å². The van der Waals surface area contributed by atoms with Gasteiger partial charge in [-0.25, -0.2) is 4.99 Å². The Morgan fingerprint density at radius 1 is 1.28 bits per heavy atom. The first-order valence-electron chi connectivity index (χ1n) is 8.54. The fourth-order valence-electron chi connectivity index (χ4n) is 5.30. The van der Waals surface area contributed by atoms with Gasteiger partial charge in [0.15, 0.2) is 10.8 Å². The molecule has 3 N–H and O–H groups in total. The smallest absolute Gasteiger partial charge is 0.311 e. The van der Waals surface area contributed by atoms with Crippen LogP contribution >= 0.6 is 0 Å². The Hall–Kier alpha value is -2.41. The van der Waals surface area contributed by atoms with Crippen molar-refractivity contribution in [1.82, 2.24) is 0 Å². The molecule has 1 aliphatic carbocycles. The van der Waals surface area contributed by atoms with E-state index in [1.54, 1.807) is 0 Å². The van der Waals surface area contributed by atoms with Gasteiger partial charge in [-0.1, -0.05) is 36.8 Å². The molecule has 0 amide bonds. The maximum Gasteiger partial charge on any atom is 0.344 e. The van der Waals surface area contributed by atoms with E-state index in [-0.39, 0.29) is 11.9 Å². The van der Waals surface area contributed by atoms with Gasteiger partial charge in [0, 0.05) is 0 Å². The van der Waals surface area contributed by atoms with E-state index in [9.17, 15) is 10.5 Å². The van der Waals surface area contributed by atoms with Gasteiger partial charge in [-0.3, -0.25) is 5.73 Å². The van der Waals surface area contributed by atoms with Gasteiger partial charge in [0.1, 0.15) is 0 Å². The van der Waals surface area contributed by atoms with Gasteiger partial charge >= 0.3 is 5.91 Å². The number of amidine groups is 1. The molecule has 1 aromatic rings. The Balaban J connectivity index is 2.02. The van der Waals surface area contributed by atoms with Gasteiger partial charge in [0.2, 0.25) is 0 Å². The van der Waals surface area contributed by atoms with Crippen LogP contribution in [0.5, 0.6) is 0 Å². The van der Waals surface area contributed by atoms with Gasteiger partial charge in [-0.15, -0.1) is 0 Å². The molecule has 1 saturated heterocycles. The number of nitrogens with zero attached hydrogens (tertiary/aromatic N) is 2. The normalized spacial score (nSPS) is 44.0. The second kappa shape index (κ2) is 4.60. The summed E-state index contributed by atoms with van der Waals surface area (Å²) >= 11 is 0. The SMILES string of the molecule is CC[C@@]1(c2ccc(C)cc2)[C@]2(C#N)C(N)=[NH+][C@@]3(OC[C@H](C)O3)[C@@]21C#N. The number of aryl methyl sites for hydroxylation is 1. The minimum atomic E-state index is -1.39. The summed E-state index contributed by atoms with van der Waals surface area (Å²) in [7, 11) is 0. The zero-order valence-corrected chi connectivity index (χ0v) is 14.6. The fourth-order valence-corrected chi connectivity index (χ4v) is 5.30. The predicted octanol–water partition coefficient (Wildman–Crippen LogP) is 0.217. The predicted molar refractivity (Wildman–Crippen MR) is 88.6 cm³/mol. The molecule has 1 aromatic carbocycles. The lowest BCUT2D eigenvalue weighted by molar-refractivity contribution is -0.679. The van der Waals surface area contributed by atoms with Crippen molar-refractivity contribution in [1.29, 1.82) is 10.5 Å². The highest BCUT2D eigenvalue weighted by atomic mass is 16.8. The number of nitriles is 2. The van der Waals surface area contributed by atoms with E-state index in [0.717, 1.165) is 11.1 Å². The molecule has 2 fully saturated rings. The lowest BCUT2D eigenvalue weighted by Crippen LogP contribution is -2.90. The molecule has 2 heterocycles. The van der Waals surface area contributed by atoms with Crippen molar-refractivity contribution < 1.29 is 14.5 Å². The van der Waals surface area contributed by atoms with E-state index in [1.807, 2.05) is 45.0 Å². The molecule has 3 aliphatic rings. The third kappa shape index (κ3) is 1.34. The third-order valence-corrected chi connectivity index (χ3v) is 6.28. The van der Waals surface area contributed by atoms with Crippen molar-refractivity contribution in [2.75, 3.05) is 6.61 Å². The van der Waals surface area contributed by atoms with Crippen LogP contribution in [0.4, 0.5) is 0 Å². The van der Waals surface area contributed by atoms with Crippen molar-refractivity contribution in [2.45, 2.75) is 44.6 Å². The summed E-state index contributed by atoms with van der Waals surface area (Å²) in [6.45, 7) is 6.21. The lowest BCUT2D eigenvalue weighted by Gasteiger charge is -2.29. The van der Waals surface area contributed by atoms with Crippen LogP contribution in [0.25, 0.3) is 0 Å². The van der Waals surface area contributed by atoms with Crippen molar-refractivity contribution in [3.8, 4) is 12.1 Å². The van der Waals surface area contributed by atoms with Crippen molar-refractivity contribution >= 4 is 5.84 Å². The summed E-state index contributed by atoms with van der Waals surface area (Å²) in [5.74, 6) is -1.13. The Kier molecular flexibility index (Phi) is 2.96. The number of fused-ring (bicyclic) bond motifs is 2. The average Bonchev–Trinajstić information content (AvgIpc) is 2.86. The Bertz CT molecular complexity index is 867. The Morgan fingerprint density at radius 2 is 1.96 bits per heavy atom. The van der Waals surface area contributed by atoms with Crippen LogP contribution in [-0.2, 0) is 14.9 Å². The van der Waals surface area contributed by atoms with Crippen molar-refractivity contribution in [3.05, 3.63) is 35.4 Å². The van der Waals surface area contributed by atoms with E-state index in [2.05, 4.69) is 17.1 Å². The van der Waals surface area contributed by atoms with Crippen LogP contribution in [0, 0.1) is 40.4 Å². The summed E-state index contributed by atoms with van der Waals surface area (Å²) in [6, 6.07) is 12.7. The van der Waals surface area contributed by atoms with E-state index in [0.29, 0.717) is 13.0 Å². The van der Waals surface area contributed by atoms with Crippen LogP contribution in [0.3, 0.4) is 0 Å². The second-order valence-electron chi connectivity index (χ2n) is 7.24. The van der Waals surface area contributed by atoms with Crippen molar-refractivity contribution in [3.63, 3.8) is 0 Å². The molecule has 0 aromatic heterocycles. The van der Waals surface area contributed by atoms with E-state index in [4.69, 9.17) is 15.2 Å². The summed E-state index contributed by atoms with van der Waals surface area (Å²) in [5.41, 5.74) is 5.14. The molecule has 0 bridgehead atoms. The first-order chi connectivity index (χ1) is 11.9. The van der Waals surface area contributed by atoms with Crippen LogP contribution in [0.15, 0.2) is 24.3 Å². The molecular formula is C19H21N4O2+. The molecule has 1 spiro atoms. The molecule has 1 saturated carbocycles. The fraction of sp³-hybridized carbons (Fsp3) is 0.526. The first kappa shape index (κ1) is 16.1. The van der Waals surface area contributed by atoms with Crippen LogP contribution in [0.2, 0.25) is 0 Å². The second-order valence-corrected chi connectivity index (χ2v) is 7.24. The minimum Gasteiger partial charge on any atom is -0.311 e. The van der Waals surface area contributed by atoms with Gasteiger partial charge in [0.25, 0.3) is 5.84 Å². The molecule has 5 atom stereocenters. The average molecular weight is 337 g/mol. The number of nitrogens with one attached hydrogen (secondary N) is 1. The molecule has 6 heteroatoms. The highest BCUT2D eigenvalue weighted by Gasteiger charge is 3.04. The number of ether oxygens (including phenoxy) is 2. The zero-order valence-electron chi connectivity index (χ0n) is 14.6. The van der Waals surface area contributed by atoms with E-state index >= 15 is 0 Å². The van der Waals surface area contributed by atoms with Crippen LogP contribution < -0.4 is 10.7 Å². The number of hydrogen-bond donors (Lipinski definition) is 2. The maximum atomic E-state index is 10.3. The lowest BCUT2D eigenvalue weighted by atomic mass is 9.80. The zero-order chi connectivity index (χ0) is 18.1. The van der Waals surface area contributed by atoms with Crippen LogP contribution in [0.1, 0.15) is 31.4 Å². The number of benzene rings is 1. The minimum absolute atomic E-state index is 0.187. The maximum absolute atomic E-state index is 10.3. The first-order valence-corrected chi connectivity index (χ1v) is 8.54. The van der Waals surface area contributed by atoms with E-state index < -0.39 is 22.2 Å². The van der Waals surface area contributed by atoms with Crippen molar-refractivity contribution in [2.24, 2.45) is 16.6 Å². The summed E-state index contributed by atoms with van der Waals surface area (Å²) < 4.78 is 12.0. The monoisotopic (exact) mass is 337 g/mol. The molecule has 0 unspecified atom stereocenters. The van der Waals surface area contributed by atoms with Gasteiger partial charge in [-0.2, -0.15) is 10.5 Å². The largest absolute Gasteiger partial charge is 0.344 e. The number of hydrogen-bond acceptors (Lipinski definition) is 5. The number of nitrogens with two attached hydrogens (primary N) is 1. The highest BCUT2D eigenvalue weighted by Crippen LogP contribution is 2.84. The summed E-state index contributed by atoms with van der Waals surface area (Å²) in [4.78, 5) is 3.02. The standard InChI is InChI=1S/C19H20N4O2/c1-4-16(14-7-5-12(2)6-8-14)17(10-20)15(22)23-19(18(16,17)11-21)24-9-13(3)25-19/h5-8,13H,4,9H2,1-3H3,(H2,22,23)/p+1/t13-,16+,17-,18+,19+/m0/s1. The Labute approximate surface area is 146 Å². The Morgan fingerprint density at radius 3 is 2.44 bits per heavy atom. The van der Waals surface area contributed by atoms with E-state index in [1.165, 1.54) is 0 Å². The molecule has 0 radical (unpaired) electrons. The third-order valence-electron chi connectivity index (χ3n) is 6.28. The highest BCUT2D eigenvalue weighted by molar-refractivity contribution is 5.97. The summed E-state index contributed by atoms with van der Waals surface area (Å²) in [5, 5.41) is 20.5. The molecule has 4 rings (SSSR count). The molecule has 2 aliphatic heterocycles. The summed E-state index contributed by atoms with van der Waals surface area (Å²) in [6.07, 6.45) is 0.385. The van der Waals surface area contributed by atoms with Gasteiger partial charge < -0.3 is 9.47 Å². The van der Waals surface area contributed by atoms with Crippen LogP contribution in [-0.4, -0.2) is 24.5 Å². The van der Waals surface area contributed by atoms with Gasteiger partial charge in [-0.05, 0) is 25.8 Å². The number of rotatable bonds is 2. The quantitative estimate of drug-likeness (QED) is 0.803. The molecule has 6 nitrogen and oxygen atoms in total. The molecule has 128 valence electrons. The molecule has 25 heavy (non-hydrogen) atoms. The molecular weight excluding hydrogens is 316 g/mol. The van der Waals surface area contributed by atoms with Gasteiger partial charge in [0.05, 0.1) is 30.3 Å².